The molecule has 1 aromatic heterocycles. The van der Waals surface area contributed by atoms with Crippen LogP contribution in [0.1, 0.15) is 41.6 Å². The fourth-order valence-electron chi connectivity index (χ4n) is 5.91. The number of aryl methyl sites for hydroxylation is 1. The minimum Gasteiger partial charge on any atom is -0.336 e. The third-order valence-corrected chi connectivity index (χ3v) is 10.2. The number of alkyl halides is 3. The van der Waals surface area contributed by atoms with E-state index in [2.05, 4.69) is 6.07 Å². The minimum atomic E-state index is -4.47. The number of fused-ring (bicyclic) bond motifs is 1. The standard InChI is InChI=1S/C33H30F4N4O3S/c34-26-11-14-28(15-12-26)45(43,44)41-18-3-6-30(41)31(42)16-13-27-20-29(23-7-9-25(10-8-23)33(35,36)37)39-32(38-27)40-19-17-22-4-1-2-5-24(22)21-40/h1-2,4-5,7-12,14-15,20,30H,3,6,13,16-19,21H2/t30-/m0/s1. The zero-order valence-electron chi connectivity index (χ0n) is 24.2. The average molecular weight is 639 g/mol. The van der Waals surface area contributed by atoms with Gasteiger partial charge in [-0.1, -0.05) is 36.4 Å². The van der Waals surface area contributed by atoms with Gasteiger partial charge in [0.25, 0.3) is 0 Å². The van der Waals surface area contributed by atoms with Crippen molar-refractivity contribution >= 4 is 21.8 Å². The van der Waals surface area contributed by atoms with Crippen LogP contribution in [-0.2, 0) is 40.4 Å². The molecule has 1 fully saturated rings. The molecular weight excluding hydrogens is 608 g/mol. The van der Waals surface area contributed by atoms with Gasteiger partial charge >= 0.3 is 6.18 Å². The second-order valence-electron chi connectivity index (χ2n) is 11.3. The van der Waals surface area contributed by atoms with Gasteiger partial charge in [0.1, 0.15) is 5.82 Å². The van der Waals surface area contributed by atoms with E-state index in [1.54, 1.807) is 6.07 Å². The van der Waals surface area contributed by atoms with Gasteiger partial charge in [0.15, 0.2) is 5.78 Å². The number of ketones is 1. The lowest BCUT2D eigenvalue weighted by Crippen LogP contribution is -2.40. The SMILES string of the molecule is O=C(CCc1cc(-c2ccc(C(F)(F)F)cc2)nc(N2CCc3ccccc3C2)n1)[C@@H]1CCCN1S(=O)(=O)c1ccc(F)cc1. The monoisotopic (exact) mass is 638 g/mol. The molecule has 0 radical (unpaired) electrons. The maximum Gasteiger partial charge on any atom is 0.416 e. The number of rotatable bonds is 8. The highest BCUT2D eigenvalue weighted by Gasteiger charge is 2.39. The maximum absolute atomic E-state index is 13.4. The van der Waals surface area contributed by atoms with Crippen molar-refractivity contribution in [2.45, 2.75) is 55.8 Å². The number of sulfonamides is 1. The molecule has 2 aliphatic heterocycles. The first-order chi connectivity index (χ1) is 21.5. The van der Waals surface area contributed by atoms with E-state index in [1.165, 1.54) is 34.1 Å². The van der Waals surface area contributed by atoms with E-state index in [-0.39, 0.29) is 30.1 Å². The highest BCUT2D eigenvalue weighted by molar-refractivity contribution is 7.89. The summed E-state index contributed by atoms with van der Waals surface area (Å²) in [5.74, 6) is -0.413. The molecule has 0 spiro atoms. The van der Waals surface area contributed by atoms with Gasteiger partial charge in [-0.05, 0) is 79.3 Å². The highest BCUT2D eigenvalue weighted by Crippen LogP contribution is 2.32. The van der Waals surface area contributed by atoms with Crippen LogP contribution in [0.4, 0.5) is 23.5 Å². The van der Waals surface area contributed by atoms with Crippen LogP contribution in [0.15, 0.2) is 83.8 Å². The molecule has 1 atom stereocenters. The number of hydrogen-bond acceptors (Lipinski definition) is 6. The lowest BCUT2D eigenvalue weighted by molar-refractivity contribution is -0.137. The molecule has 12 heteroatoms. The van der Waals surface area contributed by atoms with E-state index in [4.69, 9.17) is 9.97 Å². The zero-order valence-corrected chi connectivity index (χ0v) is 25.0. The largest absolute Gasteiger partial charge is 0.416 e. The van der Waals surface area contributed by atoms with Crippen LogP contribution in [0.3, 0.4) is 0 Å². The Morgan fingerprint density at radius 3 is 2.33 bits per heavy atom. The number of Topliss-reactive ketones (excluding diaryl/α,β-unsaturated/α-hetero) is 1. The van der Waals surface area contributed by atoms with Crippen LogP contribution in [0.25, 0.3) is 11.3 Å². The van der Waals surface area contributed by atoms with Crippen molar-refractivity contribution < 1.29 is 30.8 Å². The normalized spacial score (nSPS) is 17.3. The maximum atomic E-state index is 13.4. The Balaban J connectivity index is 1.25. The molecule has 0 saturated carbocycles. The smallest absolute Gasteiger partial charge is 0.336 e. The second kappa shape index (κ2) is 12.3. The molecule has 0 aliphatic carbocycles. The van der Waals surface area contributed by atoms with Crippen LogP contribution in [-0.4, -0.2) is 47.6 Å². The minimum absolute atomic E-state index is 0.00580. The highest BCUT2D eigenvalue weighted by atomic mass is 32.2. The number of aromatic nitrogens is 2. The number of halogens is 4. The molecule has 0 unspecified atom stereocenters. The van der Waals surface area contributed by atoms with Crippen molar-refractivity contribution in [3.63, 3.8) is 0 Å². The number of carbonyl (C=O) groups excluding carboxylic acids is 1. The van der Waals surface area contributed by atoms with Gasteiger partial charge < -0.3 is 4.90 Å². The Bertz CT molecular complexity index is 1810. The van der Waals surface area contributed by atoms with Crippen molar-refractivity contribution in [3.8, 4) is 11.3 Å². The summed E-state index contributed by atoms with van der Waals surface area (Å²) in [7, 11) is -4.00. The molecule has 0 amide bonds. The second-order valence-corrected chi connectivity index (χ2v) is 13.1. The quantitative estimate of drug-likeness (QED) is 0.213. The van der Waals surface area contributed by atoms with Gasteiger partial charge in [-0.2, -0.15) is 17.5 Å². The molecule has 234 valence electrons. The molecule has 0 bridgehead atoms. The third-order valence-electron chi connectivity index (χ3n) is 8.31. The van der Waals surface area contributed by atoms with Gasteiger partial charge in [-0.3, -0.25) is 4.79 Å². The Morgan fingerprint density at radius 2 is 1.62 bits per heavy atom. The summed E-state index contributed by atoms with van der Waals surface area (Å²) in [4.78, 5) is 24.8. The van der Waals surface area contributed by atoms with E-state index in [0.717, 1.165) is 36.2 Å². The molecule has 45 heavy (non-hydrogen) atoms. The first kappa shape index (κ1) is 30.8. The fraction of sp³-hybridized carbons (Fsp3) is 0.303. The first-order valence-electron chi connectivity index (χ1n) is 14.7. The van der Waals surface area contributed by atoms with E-state index < -0.39 is 33.6 Å². The summed E-state index contributed by atoms with van der Waals surface area (Å²) < 4.78 is 80.8. The summed E-state index contributed by atoms with van der Waals surface area (Å²) in [6.07, 6.45) is -2.61. The summed E-state index contributed by atoms with van der Waals surface area (Å²) in [6.45, 7) is 1.38. The average Bonchev–Trinajstić information content (AvgIpc) is 3.55. The van der Waals surface area contributed by atoms with E-state index in [0.29, 0.717) is 48.8 Å². The van der Waals surface area contributed by atoms with Crippen molar-refractivity contribution in [2.75, 3.05) is 18.0 Å². The summed E-state index contributed by atoms with van der Waals surface area (Å²) in [5.41, 5.74) is 3.02. The Kier molecular flexibility index (Phi) is 8.45. The molecule has 0 N–H and O–H groups in total. The van der Waals surface area contributed by atoms with E-state index >= 15 is 0 Å². The molecule has 7 nitrogen and oxygen atoms in total. The number of nitrogens with zero attached hydrogens (tertiary/aromatic N) is 4. The molecular formula is C33H30F4N4O3S. The van der Waals surface area contributed by atoms with Crippen molar-refractivity contribution in [1.29, 1.82) is 0 Å². The van der Waals surface area contributed by atoms with Crippen LogP contribution in [0.2, 0.25) is 0 Å². The molecule has 4 aromatic rings. The predicted molar refractivity (Wildman–Crippen MR) is 160 cm³/mol. The lowest BCUT2D eigenvalue weighted by atomic mass is 10.00. The van der Waals surface area contributed by atoms with Crippen molar-refractivity contribution in [3.05, 3.63) is 107 Å². The number of benzene rings is 3. The number of anilines is 1. The zero-order chi connectivity index (χ0) is 31.8. The fourth-order valence-corrected chi connectivity index (χ4v) is 7.59. The van der Waals surface area contributed by atoms with E-state index in [1.807, 2.05) is 23.1 Å². The Labute approximate surface area is 258 Å². The van der Waals surface area contributed by atoms with Gasteiger partial charge in [0.2, 0.25) is 16.0 Å². The molecule has 3 heterocycles. The van der Waals surface area contributed by atoms with Crippen LogP contribution in [0.5, 0.6) is 0 Å². The lowest BCUT2D eigenvalue weighted by Gasteiger charge is -2.29. The van der Waals surface area contributed by atoms with Crippen LogP contribution in [0, 0.1) is 5.82 Å². The molecule has 2 aliphatic rings. The van der Waals surface area contributed by atoms with Crippen LogP contribution >= 0.6 is 0 Å². The Hall–Kier alpha value is -4.16. The van der Waals surface area contributed by atoms with Crippen LogP contribution < -0.4 is 4.90 Å². The summed E-state index contributed by atoms with van der Waals surface area (Å²) in [5, 5.41) is 0. The van der Waals surface area contributed by atoms with Gasteiger partial charge in [0.05, 0.1) is 22.2 Å². The predicted octanol–water partition coefficient (Wildman–Crippen LogP) is 6.22. The van der Waals surface area contributed by atoms with Gasteiger partial charge in [-0.15, -0.1) is 0 Å². The Morgan fingerprint density at radius 1 is 0.911 bits per heavy atom. The van der Waals surface area contributed by atoms with E-state index in [9.17, 15) is 30.8 Å². The number of hydrogen-bond donors (Lipinski definition) is 0. The molecule has 1 saturated heterocycles. The molecule has 3 aromatic carbocycles. The van der Waals surface area contributed by atoms with Crippen molar-refractivity contribution in [1.82, 2.24) is 14.3 Å². The molecule has 6 rings (SSSR count). The summed E-state index contributed by atoms with van der Waals surface area (Å²) in [6, 6.07) is 18.1. The topological polar surface area (TPSA) is 83.5 Å². The van der Waals surface area contributed by atoms with Gasteiger partial charge in [0, 0.05) is 37.3 Å². The number of carbonyl (C=O) groups is 1. The third kappa shape index (κ3) is 6.62. The van der Waals surface area contributed by atoms with Crippen molar-refractivity contribution in [2.24, 2.45) is 0 Å². The summed E-state index contributed by atoms with van der Waals surface area (Å²) >= 11 is 0. The first-order valence-corrected chi connectivity index (χ1v) is 16.1. The van der Waals surface area contributed by atoms with Gasteiger partial charge in [-0.25, -0.2) is 22.8 Å².